The van der Waals surface area contributed by atoms with Gasteiger partial charge in [0.25, 0.3) is 0 Å². The first-order valence-electron chi connectivity index (χ1n) is 6.34. The van der Waals surface area contributed by atoms with Crippen molar-refractivity contribution in [3.63, 3.8) is 0 Å². The largest absolute Gasteiger partial charge is 0.349 e. The van der Waals surface area contributed by atoms with Crippen LogP contribution in [-0.2, 0) is 4.79 Å². The van der Waals surface area contributed by atoms with E-state index in [1.165, 1.54) is 19.3 Å². The lowest BCUT2D eigenvalue weighted by Gasteiger charge is -2.44. The Labute approximate surface area is 99.2 Å². The van der Waals surface area contributed by atoms with Crippen LogP contribution in [0.1, 0.15) is 53.4 Å². The van der Waals surface area contributed by atoms with Crippen LogP contribution in [0, 0.1) is 11.3 Å². The first kappa shape index (κ1) is 13.5. The van der Waals surface area contributed by atoms with Gasteiger partial charge >= 0.3 is 0 Å². The number of hydrogen-bond donors (Lipinski definition) is 2. The Bertz CT molecular complexity index is 257. The molecule has 1 saturated carbocycles. The molecule has 1 aliphatic carbocycles. The number of carbonyl (C=O) groups excluding carboxylic acids is 1. The monoisotopic (exact) mass is 226 g/mol. The van der Waals surface area contributed by atoms with Crippen molar-refractivity contribution < 1.29 is 4.79 Å². The summed E-state index contributed by atoms with van der Waals surface area (Å²) in [4.78, 5) is 12.1. The van der Waals surface area contributed by atoms with E-state index >= 15 is 0 Å². The number of amides is 1. The van der Waals surface area contributed by atoms with E-state index in [1.807, 2.05) is 20.8 Å². The van der Waals surface area contributed by atoms with Crippen LogP contribution in [0.2, 0.25) is 0 Å². The third-order valence-corrected chi connectivity index (χ3v) is 3.86. The van der Waals surface area contributed by atoms with Crippen LogP contribution in [0.3, 0.4) is 0 Å². The fourth-order valence-corrected chi connectivity index (χ4v) is 2.37. The summed E-state index contributed by atoms with van der Waals surface area (Å²) in [5.74, 6) is 0.601. The Hall–Kier alpha value is -0.570. The summed E-state index contributed by atoms with van der Waals surface area (Å²) >= 11 is 0. The average molecular weight is 226 g/mol. The third-order valence-electron chi connectivity index (χ3n) is 3.86. The summed E-state index contributed by atoms with van der Waals surface area (Å²) in [6, 6.07) is 0. The predicted molar refractivity (Wildman–Crippen MR) is 67.0 cm³/mol. The smallest absolute Gasteiger partial charge is 0.225 e. The number of nitrogens with one attached hydrogen (secondary N) is 1. The van der Waals surface area contributed by atoms with Crippen LogP contribution in [-0.4, -0.2) is 18.0 Å². The lowest BCUT2D eigenvalue weighted by atomic mass is 9.73. The van der Waals surface area contributed by atoms with Crippen molar-refractivity contribution in [3.8, 4) is 0 Å². The molecule has 0 aliphatic heterocycles. The summed E-state index contributed by atoms with van der Waals surface area (Å²) in [7, 11) is 0. The minimum Gasteiger partial charge on any atom is -0.349 e. The molecule has 0 spiro atoms. The van der Waals surface area contributed by atoms with Crippen LogP contribution in [0.25, 0.3) is 0 Å². The molecule has 0 aromatic rings. The molecule has 1 aliphatic rings. The number of rotatable bonds is 2. The van der Waals surface area contributed by atoms with Gasteiger partial charge in [-0.05, 0) is 18.8 Å². The molecule has 1 rings (SSSR count). The molecule has 1 fully saturated rings. The predicted octanol–water partition coefficient (Wildman–Crippen LogP) is 2.06. The van der Waals surface area contributed by atoms with Crippen molar-refractivity contribution in [2.24, 2.45) is 17.1 Å². The van der Waals surface area contributed by atoms with E-state index in [0.29, 0.717) is 12.5 Å². The molecule has 0 aromatic carbocycles. The number of carbonyl (C=O) groups is 1. The molecule has 2 atom stereocenters. The normalized spacial score (nSPS) is 31.2. The molecule has 0 saturated heterocycles. The van der Waals surface area contributed by atoms with Gasteiger partial charge in [-0.1, -0.05) is 40.5 Å². The van der Waals surface area contributed by atoms with Crippen molar-refractivity contribution >= 4 is 5.91 Å². The molecule has 1 amide bonds. The first-order chi connectivity index (χ1) is 7.32. The zero-order valence-corrected chi connectivity index (χ0v) is 11.1. The third kappa shape index (κ3) is 2.76. The molecule has 0 radical (unpaired) electrons. The Balaban J connectivity index is 2.77. The molecule has 0 bridgehead atoms. The van der Waals surface area contributed by atoms with Crippen LogP contribution >= 0.6 is 0 Å². The highest BCUT2D eigenvalue weighted by Gasteiger charge is 2.40. The Morgan fingerprint density at radius 3 is 2.50 bits per heavy atom. The molecule has 94 valence electrons. The molecular weight excluding hydrogens is 200 g/mol. The second-order valence-corrected chi connectivity index (χ2v) is 6.21. The average Bonchev–Trinajstić information content (AvgIpc) is 2.20. The van der Waals surface area contributed by atoms with Crippen molar-refractivity contribution in [3.05, 3.63) is 0 Å². The number of hydrogen-bond acceptors (Lipinski definition) is 2. The molecule has 0 heterocycles. The van der Waals surface area contributed by atoms with Crippen LogP contribution in [0.4, 0.5) is 0 Å². The SMILES string of the molecule is CC1CCCCC1(CN)NC(=O)C(C)(C)C. The van der Waals surface area contributed by atoms with E-state index in [-0.39, 0.29) is 16.9 Å². The van der Waals surface area contributed by atoms with Crippen molar-refractivity contribution in [2.75, 3.05) is 6.54 Å². The van der Waals surface area contributed by atoms with Gasteiger partial charge in [-0.2, -0.15) is 0 Å². The lowest BCUT2D eigenvalue weighted by molar-refractivity contribution is -0.131. The Morgan fingerprint density at radius 1 is 1.44 bits per heavy atom. The quantitative estimate of drug-likeness (QED) is 0.757. The van der Waals surface area contributed by atoms with E-state index in [1.54, 1.807) is 0 Å². The molecule has 3 N–H and O–H groups in total. The summed E-state index contributed by atoms with van der Waals surface area (Å²) in [5, 5.41) is 3.21. The second-order valence-electron chi connectivity index (χ2n) is 6.21. The zero-order valence-electron chi connectivity index (χ0n) is 11.1. The van der Waals surface area contributed by atoms with Gasteiger partial charge in [-0.15, -0.1) is 0 Å². The maximum Gasteiger partial charge on any atom is 0.225 e. The van der Waals surface area contributed by atoms with Gasteiger partial charge in [-0.25, -0.2) is 0 Å². The standard InChI is InChI=1S/C13H26N2O/c1-10-7-5-6-8-13(10,9-14)15-11(16)12(2,3)4/h10H,5-9,14H2,1-4H3,(H,15,16). The summed E-state index contributed by atoms with van der Waals surface area (Å²) in [6.45, 7) is 8.59. The topological polar surface area (TPSA) is 55.1 Å². The van der Waals surface area contributed by atoms with Gasteiger partial charge in [0.15, 0.2) is 0 Å². The van der Waals surface area contributed by atoms with Gasteiger partial charge in [-0.3, -0.25) is 4.79 Å². The summed E-state index contributed by atoms with van der Waals surface area (Å²) in [6.07, 6.45) is 4.62. The van der Waals surface area contributed by atoms with Gasteiger partial charge in [0.1, 0.15) is 0 Å². The number of nitrogens with two attached hydrogens (primary N) is 1. The Kier molecular flexibility index (Phi) is 4.00. The van der Waals surface area contributed by atoms with Gasteiger partial charge in [0.2, 0.25) is 5.91 Å². The zero-order chi connectivity index (χ0) is 12.4. The fourth-order valence-electron chi connectivity index (χ4n) is 2.37. The molecule has 2 unspecified atom stereocenters. The summed E-state index contributed by atoms with van der Waals surface area (Å²) in [5.41, 5.74) is 5.41. The van der Waals surface area contributed by atoms with E-state index in [0.717, 1.165) is 6.42 Å². The summed E-state index contributed by atoms with van der Waals surface area (Å²) < 4.78 is 0. The van der Waals surface area contributed by atoms with E-state index in [4.69, 9.17) is 5.73 Å². The first-order valence-corrected chi connectivity index (χ1v) is 6.34. The molecule has 0 aromatic heterocycles. The van der Waals surface area contributed by atoms with Crippen LogP contribution < -0.4 is 11.1 Å². The van der Waals surface area contributed by atoms with Crippen molar-refractivity contribution in [1.29, 1.82) is 0 Å². The highest BCUT2D eigenvalue weighted by Crippen LogP contribution is 2.33. The van der Waals surface area contributed by atoms with Crippen LogP contribution in [0.5, 0.6) is 0 Å². The van der Waals surface area contributed by atoms with Crippen molar-refractivity contribution in [2.45, 2.75) is 58.9 Å². The second kappa shape index (κ2) is 4.74. The molecule has 16 heavy (non-hydrogen) atoms. The molecule has 3 heteroatoms. The lowest BCUT2D eigenvalue weighted by Crippen LogP contribution is -2.61. The molecule has 3 nitrogen and oxygen atoms in total. The van der Waals surface area contributed by atoms with E-state index < -0.39 is 0 Å². The van der Waals surface area contributed by atoms with E-state index in [2.05, 4.69) is 12.2 Å². The van der Waals surface area contributed by atoms with E-state index in [9.17, 15) is 4.79 Å². The Morgan fingerprint density at radius 2 is 2.06 bits per heavy atom. The van der Waals surface area contributed by atoms with Gasteiger partial charge < -0.3 is 11.1 Å². The van der Waals surface area contributed by atoms with Crippen LogP contribution in [0.15, 0.2) is 0 Å². The minimum atomic E-state index is -0.334. The maximum absolute atomic E-state index is 12.1. The fraction of sp³-hybridized carbons (Fsp3) is 0.923. The van der Waals surface area contributed by atoms with Crippen molar-refractivity contribution in [1.82, 2.24) is 5.32 Å². The highest BCUT2D eigenvalue weighted by molar-refractivity contribution is 5.82. The highest BCUT2D eigenvalue weighted by atomic mass is 16.2. The minimum absolute atomic E-state index is 0.117. The van der Waals surface area contributed by atoms with Gasteiger partial charge in [0, 0.05) is 12.0 Å². The maximum atomic E-state index is 12.1. The molecular formula is C13H26N2O. The van der Waals surface area contributed by atoms with Gasteiger partial charge in [0.05, 0.1) is 5.54 Å².